The van der Waals surface area contributed by atoms with Crippen LogP contribution in [0.1, 0.15) is 90.9 Å². The van der Waals surface area contributed by atoms with Crippen molar-refractivity contribution in [2.45, 2.75) is 89.6 Å². The maximum absolute atomic E-state index is 6.11. The third-order valence-corrected chi connectivity index (χ3v) is 17.2. The predicted octanol–water partition coefficient (Wildman–Crippen LogP) is 11.7. The van der Waals surface area contributed by atoms with Gasteiger partial charge in [0.15, 0.2) is 0 Å². The molecule has 0 aliphatic heterocycles. The van der Waals surface area contributed by atoms with Crippen LogP contribution in [0.15, 0.2) is 84.9 Å². The molecule has 3 nitrogen and oxygen atoms in total. The fourth-order valence-corrected chi connectivity index (χ4v) is 15.6. The zero-order chi connectivity index (χ0) is 34.2. The molecule has 2 atom stereocenters. The molecule has 8 rings (SSSR count). The van der Waals surface area contributed by atoms with Crippen LogP contribution in [0.4, 0.5) is 0 Å². The van der Waals surface area contributed by atoms with Crippen LogP contribution in [0.3, 0.4) is 0 Å². The van der Waals surface area contributed by atoms with E-state index in [2.05, 4.69) is 149 Å². The van der Waals surface area contributed by atoms with Gasteiger partial charge in [0, 0.05) is 64.7 Å². The maximum atomic E-state index is 6.11. The van der Waals surface area contributed by atoms with E-state index in [0.29, 0.717) is 11.1 Å². The lowest BCUT2D eigenvalue weighted by Crippen LogP contribution is -2.45. The van der Waals surface area contributed by atoms with Crippen molar-refractivity contribution < 1.29 is 4.74 Å². The number of fused-ring (bicyclic) bond motifs is 10. The number of aryl methyl sites for hydroxylation is 4. The van der Waals surface area contributed by atoms with Crippen molar-refractivity contribution in [3.63, 3.8) is 0 Å². The van der Waals surface area contributed by atoms with Gasteiger partial charge in [-0.15, -0.1) is 0 Å². The van der Waals surface area contributed by atoms with Crippen molar-refractivity contribution in [1.82, 2.24) is 9.13 Å². The summed E-state index contributed by atoms with van der Waals surface area (Å²) in [5, 5.41) is 2.91. The van der Waals surface area contributed by atoms with Crippen LogP contribution >= 0.6 is 0 Å². The monoisotopic (exact) mass is 664 g/mol. The van der Waals surface area contributed by atoms with E-state index in [1.54, 1.807) is 22.3 Å². The van der Waals surface area contributed by atoms with E-state index in [1.165, 1.54) is 80.8 Å². The molecule has 0 spiro atoms. The Hall–Kier alpha value is -3.86. The van der Waals surface area contributed by atoms with Crippen LogP contribution in [0.25, 0.3) is 44.3 Å². The topological polar surface area (TPSA) is 19.1 Å². The summed E-state index contributed by atoms with van der Waals surface area (Å²) in [6.07, 6.45) is 4.86. The van der Waals surface area contributed by atoms with Gasteiger partial charge >= 0.3 is 0 Å². The van der Waals surface area contributed by atoms with Crippen LogP contribution in [0, 0.1) is 13.8 Å². The first-order chi connectivity index (χ1) is 23.5. The predicted molar refractivity (Wildman–Crippen MR) is 210 cm³/mol. The van der Waals surface area contributed by atoms with Gasteiger partial charge < -0.3 is 13.9 Å². The van der Waals surface area contributed by atoms with Crippen LogP contribution < -0.4 is 0 Å². The molecule has 0 saturated heterocycles. The smallest absolute Gasteiger partial charge is 0.0763 e. The van der Waals surface area contributed by atoms with Gasteiger partial charge in [0.2, 0.25) is 0 Å². The van der Waals surface area contributed by atoms with Crippen molar-refractivity contribution in [3.05, 3.63) is 118 Å². The normalized spacial score (nSPS) is 17.7. The first-order valence-corrected chi connectivity index (χ1v) is 21.4. The van der Waals surface area contributed by atoms with Gasteiger partial charge in [0.05, 0.1) is 25.1 Å². The highest BCUT2D eigenvalue weighted by Gasteiger charge is 2.54. The molecule has 2 unspecified atom stereocenters. The molecule has 2 aliphatic carbocycles. The number of ether oxygens (including phenoxy) is 1. The molecular formula is C45H52N2OSi. The molecule has 2 aliphatic rings. The molecule has 49 heavy (non-hydrogen) atoms. The van der Waals surface area contributed by atoms with Gasteiger partial charge in [-0.25, -0.2) is 0 Å². The second-order valence-electron chi connectivity index (χ2n) is 16.4. The average Bonchev–Trinajstić information content (AvgIpc) is 3.76. The molecule has 0 saturated carbocycles. The average molecular weight is 665 g/mol. The molecule has 2 heterocycles. The van der Waals surface area contributed by atoms with E-state index in [4.69, 9.17) is 4.74 Å². The molecule has 4 heteroatoms. The summed E-state index contributed by atoms with van der Waals surface area (Å²) in [5.41, 5.74) is 18.2. The largest absolute Gasteiger partial charge is 0.376 e. The summed E-state index contributed by atoms with van der Waals surface area (Å²) in [6.45, 7) is 14.6. The summed E-state index contributed by atoms with van der Waals surface area (Å²) < 4.78 is 11.1. The number of unbranched alkanes of at least 4 members (excludes halogenated alkanes) is 3. The summed E-state index contributed by atoms with van der Waals surface area (Å²) >= 11 is 0. The Kier molecular flexibility index (Phi) is 7.84. The number of rotatable bonds is 9. The van der Waals surface area contributed by atoms with E-state index in [1.807, 2.05) is 0 Å². The molecule has 4 aromatic carbocycles. The number of benzene rings is 4. The minimum atomic E-state index is -2.29. The summed E-state index contributed by atoms with van der Waals surface area (Å²) in [7, 11) is 2.31. The van der Waals surface area contributed by atoms with Crippen molar-refractivity contribution in [3.8, 4) is 22.5 Å². The highest BCUT2D eigenvalue weighted by Crippen LogP contribution is 2.62. The molecule has 2 aromatic heterocycles. The SMILES string of the molecule is Cc1ccc2c(c1)c1c(n2C)-c2ccccc2C1[Si](C)(CCCCCCOC(C)(C)C)C1c2ccccc2-c2c1c1cc(C)ccc1n2C. The fraction of sp³-hybridized carbons (Fsp3) is 0.378. The zero-order valence-electron chi connectivity index (χ0n) is 30.8. The Balaban J connectivity index is 1.33. The van der Waals surface area contributed by atoms with Crippen LogP contribution in [0.2, 0.25) is 12.6 Å². The van der Waals surface area contributed by atoms with Gasteiger partial charge in [-0.3, -0.25) is 0 Å². The highest BCUT2D eigenvalue weighted by atomic mass is 28.3. The lowest BCUT2D eigenvalue weighted by atomic mass is 10.1. The first kappa shape index (κ1) is 32.3. The molecule has 252 valence electrons. The quantitative estimate of drug-likeness (QED) is 0.111. The molecule has 0 bridgehead atoms. The summed E-state index contributed by atoms with van der Waals surface area (Å²) in [6, 6.07) is 34.4. The van der Waals surface area contributed by atoms with Gasteiger partial charge in [-0.05, 0) is 87.6 Å². The minimum absolute atomic E-state index is 0.0692. The molecule has 0 radical (unpaired) electrons. The Morgan fingerprint density at radius 2 is 1.10 bits per heavy atom. The van der Waals surface area contributed by atoms with E-state index < -0.39 is 8.07 Å². The maximum Gasteiger partial charge on any atom is 0.0763 e. The Morgan fingerprint density at radius 1 is 0.633 bits per heavy atom. The van der Waals surface area contributed by atoms with Crippen molar-refractivity contribution in [2.75, 3.05) is 6.61 Å². The molecule has 0 fully saturated rings. The number of aromatic nitrogens is 2. The Bertz CT molecular complexity index is 2090. The van der Waals surface area contributed by atoms with Gasteiger partial charge in [-0.2, -0.15) is 0 Å². The number of hydrogen-bond donors (Lipinski definition) is 0. The van der Waals surface area contributed by atoms with E-state index >= 15 is 0 Å². The highest BCUT2D eigenvalue weighted by molar-refractivity contribution is 6.83. The minimum Gasteiger partial charge on any atom is -0.376 e. The van der Waals surface area contributed by atoms with Crippen LogP contribution in [-0.2, 0) is 18.8 Å². The third kappa shape index (κ3) is 5.09. The molecule has 0 amide bonds. The Labute approximate surface area is 293 Å². The van der Waals surface area contributed by atoms with E-state index in [-0.39, 0.29) is 5.60 Å². The van der Waals surface area contributed by atoms with E-state index in [9.17, 15) is 0 Å². The first-order valence-electron chi connectivity index (χ1n) is 18.5. The third-order valence-electron chi connectivity index (χ3n) is 11.9. The van der Waals surface area contributed by atoms with Gasteiger partial charge in [-0.1, -0.05) is 104 Å². The second-order valence-corrected chi connectivity index (χ2v) is 21.0. The summed E-state index contributed by atoms with van der Waals surface area (Å²) in [5.74, 6) is 0. The van der Waals surface area contributed by atoms with Gasteiger partial charge in [0.1, 0.15) is 0 Å². The lowest BCUT2D eigenvalue weighted by molar-refractivity contribution is -0.00471. The van der Waals surface area contributed by atoms with E-state index in [0.717, 1.165) is 13.0 Å². The molecule has 0 N–H and O–H groups in total. The van der Waals surface area contributed by atoms with Crippen molar-refractivity contribution >= 4 is 29.9 Å². The molecule has 6 aromatic rings. The zero-order valence-corrected chi connectivity index (χ0v) is 31.8. The second kappa shape index (κ2) is 11.9. The lowest BCUT2D eigenvalue weighted by Gasteiger charge is -2.41. The molecular weight excluding hydrogens is 613 g/mol. The fourth-order valence-electron chi connectivity index (χ4n) is 9.81. The Morgan fingerprint density at radius 3 is 1.59 bits per heavy atom. The van der Waals surface area contributed by atoms with Crippen LogP contribution in [0.5, 0.6) is 0 Å². The van der Waals surface area contributed by atoms with Crippen molar-refractivity contribution in [2.24, 2.45) is 14.1 Å². The summed E-state index contributed by atoms with van der Waals surface area (Å²) in [4.78, 5) is 0. The van der Waals surface area contributed by atoms with Gasteiger partial charge in [0.25, 0.3) is 0 Å². The number of hydrogen-bond acceptors (Lipinski definition) is 1. The van der Waals surface area contributed by atoms with Crippen molar-refractivity contribution in [1.29, 1.82) is 0 Å². The van der Waals surface area contributed by atoms with Crippen LogP contribution in [-0.4, -0.2) is 29.4 Å². The standard InChI is InChI=1S/C45H52N2OSi/c1-29-21-23-37-35(27-29)39-41(46(37)6)31-17-11-13-19-33(31)43(39)49(8,26-16-10-9-15-25-48-45(3,4)5)44-34-20-14-12-18-32(34)42-40(44)36-28-30(2)22-24-38(36)47(42)7/h11-14,17-24,27-28,43-44H,9-10,15-16,25-26H2,1-8H3. The number of nitrogens with zero attached hydrogens (tertiary/aromatic N) is 2.